The van der Waals surface area contributed by atoms with Gasteiger partial charge in [-0.25, -0.2) is 14.2 Å². The number of hydrogen-bond acceptors (Lipinski definition) is 5. The second-order valence-corrected chi connectivity index (χ2v) is 7.05. The Labute approximate surface area is 146 Å². The number of hydrogen-bond donors (Lipinski definition) is 1. The second kappa shape index (κ2) is 6.74. The third kappa shape index (κ3) is 4.10. The number of aromatic nitrogens is 1. The Morgan fingerprint density at radius 1 is 1.44 bits per heavy atom. The maximum absolute atomic E-state index is 14.7. The average Bonchev–Trinajstić information content (AvgIpc) is 3.06. The molecule has 1 amide bonds. The molecule has 0 radical (unpaired) electrons. The fourth-order valence-electron chi connectivity index (χ4n) is 2.74. The van der Waals surface area contributed by atoms with E-state index < -0.39 is 5.60 Å². The van der Waals surface area contributed by atoms with E-state index in [1.54, 1.807) is 11.0 Å². The molecule has 134 valence electrons. The van der Waals surface area contributed by atoms with Crippen LogP contribution in [0.1, 0.15) is 37.6 Å². The molecule has 0 spiro atoms. The van der Waals surface area contributed by atoms with Gasteiger partial charge in [-0.1, -0.05) is 6.07 Å². The molecule has 0 saturated heterocycles. The van der Waals surface area contributed by atoms with Crippen molar-refractivity contribution in [1.29, 1.82) is 0 Å². The first-order chi connectivity index (χ1) is 11.8. The van der Waals surface area contributed by atoms with Gasteiger partial charge in [0.05, 0.1) is 17.9 Å². The lowest BCUT2D eigenvalue weighted by atomic mass is 9.98. The lowest BCUT2D eigenvalue weighted by Crippen LogP contribution is -2.40. The zero-order chi connectivity index (χ0) is 18.0. The Balaban J connectivity index is 1.70. The topological polar surface area (TPSA) is 67.6 Å². The number of amides is 1. The molecule has 0 unspecified atom stereocenters. The maximum Gasteiger partial charge on any atom is 0.410 e. The number of oxazole rings is 1. The third-order valence-electron chi connectivity index (χ3n) is 3.93. The van der Waals surface area contributed by atoms with Crippen molar-refractivity contribution in [2.24, 2.45) is 0 Å². The first-order valence-corrected chi connectivity index (χ1v) is 8.22. The largest absolute Gasteiger partial charge is 0.451 e. The van der Waals surface area contributed by atoms with Gasteiger partial charge in [0, 0.05) is 13.1 Å². The summed E-state index contributed by atoms with van der Waals surface area (Å²) >= 11 is 0. The molecular formula is C18H22FN3O3. The van der Waals surface area contributed by atoms with Crippen molar-refractivity contribution < 1.29 is 18.3 Å². The third-order valence-corrected chi connectivity index (χ3v) is 3.93. The zero-order valence-electron chi connectivity index (χ0n) is 14.6. The number of rotatable bonds is 3. The normalized spacial score (nSPS) is 14.2. The number of fused-ring (bicyclic) bond motifs is 1. The van der Waals surface area contributed by atoms with Crippen LogP contribution in [0, 0.1) is 5.82 Å². The minimum atomic E-state index is -0.544. The van der Waals surface area contributed by atoms with Crippen LogP contribution in [0.15, 0.2) is 29.2 Å². The Morgan fingerprint density at radius 2 is 2.24 bits per heavy atom. The highest BCUT2D eigenvalue weighted by Gasteiger charge is 2.27. The minimum absolute atomic E-state index is 0.273. The van der Waals surface area contributed by atoms with Gasteiger partial charge in [-0.05, 0) is 44.4 Å². The first-order valence-electron chi connectivity index (χ1n) is 8.22. The summed E-state index contributed by atoms with van der Waals surface area (Å²) in [6.07, 6.45) is 2.94. The molecule has 1 aromatic heterocycles. The molecular weight excluding hydrogens is 325 g/mol. The van der Waals surface area contributed by atoms with Crippen LogP contribution in [0.3, 0.4) is 0 Å². The van der Waals surface area contributed by atoms with E-state index in [4.69, 9.17) is 9.15 Å². The molecule has 1 aromatic carbocycles. The van der Waals surface area contributed by atoms with E-state index >= 15 is 0 Å². The standard InChI is InChI=1S/C18H22FN3O3/c1-18(2,3)25-17(23)22-7-6-14-12(9-22)4-5-15(16(14)19)20-8-13-10-24-11-21-13/h4-5,10-11,20H,6-9H2,1-3H3. The van der Waals surface area contributed by atoms with E-state index in [2.05, 4.69) is 10.3 Å². The number of ether oxygens (including phenoxy) is 1. The van der Waals surface area contributed by atoms with E-state index in [9.17, 15) is 9.18 Å². The number of nitrogens with zero attached hydrogens (tertiary/aromatic N) is 2. The molecule has 1 aliphatic rings. The highest BCUT2D eigenvalue weighted by molar-refractivity contribution is 5.69. The van der Waals surface area contributed by atoms with Crippen LogP contribution in [0.2, 0.25) is 0 Å². The van der Waals surface area contributed by atoms with Crippen LogP contribution >= 0.6 is 0 Å². The van der Waals surface area contributed by atoms with E-state index in [1.807, 2.05) is 26.8 Å². The van der Waals surface area contributed by atoms with Gasteiger partial charge < -0.3 is 19.4 Å². The molecule has 7 heteroatoms. The van der Waals surface area contributed by atoms with E-state index in [-0.39, 0.29) is 11.9 Å². The Bertz CT molecular complexity index is 754. The summed E-state index contributed by atoms with van der Waals surface area (Å²) in [7, 11) is 0. The number of halogens is 1. The van der Waals surface area contributed by atoms with Gasteiger partial charge in [0.15, 0.2) is 6.39 Å². The minimum Gasteiger partial charge on any atom is -0.451 e. The van der Waals surface area contributed by atoms with Crippen molar-refractivity contribution in [2.75, 3.05) is 11.9 Å². The number of anilines is 1. The maximum atomic E-state index is 14.7. The van der Waals surface area contributed by atoms with E-state index in [1.165, 1.54) is 12.7 Å². The second-order valence-electron chi connectivity index (χ2n) is 7.05. The van der Waals surface area contributed by atoms with Crippen LogP contribution in [-0.4, -0.2) is 28.1 Å². The smallest absolute Gasteiger partial charge is 0.410 e. The summed E-state index contributed by atoms with van der Waals surface area (Å²) in [5.41, 5.74) is 2.03. The fourth-order valence-corrected chi connectivity index (χ4v) is 2.74. The molecule has 0 fully saturated rings. The molecule has 2 aromatic rings. The van der Waals surface area contributed by atoms with Gasteiger partial charge in [0.2, 0.25) is 0 Å². The SMILES string of the molecule is CC(C)(C)OC(=O)N1CCc2c(ccc(NCc3cocn3)c2F)C1. The number of benzene rings is 1. The van der Waals surface area contributed by atoms with Crippen LogP contribution in [-0.2, 0) is 24.2 Å². The summed E-state index contributed by atoms with van der Waals surface area (Å²) in [6.45, 7) is 6.66. The van der Waals surface area contributed by atoms with Crippen molar-refractivity contribution in [3.63, 3.8) is 0 Å². The van der Waals surface area contributed by atoms with Crippen molar-refractivity contribution >= 4 is 11.8 Å². The van der Waals surface area contributed by atoms with Gasteiger partial charge in [0.1, 0.15) is 17.7 Å². The Hall–Kier alpha value is -2.57. The highest BCUT2D eigenvalue weighted by atomic mass is 19.1. The van der Waals surface area contributed by atoms with Gasteiger partial charge in [0.25, 0.3) is 0 Å². The summed E-state index contributed by atoms with van der Waals surface area (Å²) in [5.74, 6) is -0.273. The number of carbonyl (C=O) groups excluding carboxylic acids is 1. The average molecular weight is 347 g/mol. The predicted molar refractivity (Wildman–Crippen MR) is 90.6 cm³/mol. The van der Waals surface area contributed by atoms with Crippen molar-refractivity contribution in [1.82, 2.24) is 9.88 Å². The van der Waals surface area contributed by atoms with Crippen LogP contribution in [0.5, 0.6) is 0 Å². The summed E-state index contributed by atoms with van der Waals surface area (Å²) in [6, 6.07) is 3.53. The molecule has 0 bridgehead atoms. The quantitative estimate of drug-likeness (QED) is 0.916. The molecule has 0 saturated carbocycles. The molecule has 0 aliphatic carbocycles. The van der Waals surface area contributed by atoms with Crippen molar-refractivity contribution in [3.05, 3.63) is 47.4 Å². The first kappa shape index (κ1) is 17.3. The molecule has 1 N–H and O–H groups in total. The number of nitrogens with one attached hydrogen (secondary N) is 1. The lowest BCUT2D eigenvalue weighted by Gasteiger charge is -2.31. The fraction of sp³-hybridized carbons (Fsp3) is 0.444. The zero-order valence-corrected chi connectivity index (χ0v) is 14.6. The molecule has 6 nitrogen and oxygen atoms in total. The van der Waals surface area contributed by atoms with Gasteiger partial charge in [-0.3, -0.25) is 0 Å². The van der Waals surface area contributed by atoms with Gasteiger partial charge in [-0.2, -0.15) is 0 Å². The molecule has 3 rings (SSSR count). The predicted octanol–water partition coefficient (Wildman–Crippen LogP) is 3.72. The van der Waals surface area contributed by atoms with Crippen molar-refractivity contribution in [3.8, 4) is 0 Å². The van der Waals surface area contributed by atoms with Crippen LogP contribution in [0.4, 0.5) is 14.9 Å². The van der Waals surface area contributed by atoms with Crippen LogP contribution < -0.4 is 5.32 Å². The Kier molecular flexibility index (Phi) is 4.65. The highest BCUT2D eigenvalue weighted by Crippen LogP contribution is 2.28. The molecule has 0 atom stereocenters. The van der Waals surface area contributed by atoms with Crippen LogP contribution in [0.25, 0.3) is 0 Å². The number of carbonyl (C=O) groups is 1. The molecule has 1 aliphatic heterocycles. The molecule has 2 heterocycles. The van der Waals surface area contributed by atoms with Crippen molar-refractivity contribution in [2.45, 2.75) is 45.9 Å². The van der Waals surface area contributed by atoms with Gasteiger partial charge in [-0.15, -0.1) is 0 Å². The van der Waals surface area contributed by atoms with E-state index in [0.29, 0.717) is 43.0 Å². The van der Waals surface area contributed by atoms with E-state index in [0.717, 1.165) is 5.56 Å². The monoisotopic (exact) mass is 347 g/mol. The van der Waals surface area contributed by atoms with Gasteiger partial charge >= 0.3 is 6.09 Å². The summed E-state index contributed by atoms with van der Waals surface area (Å²) < 4.78 is 25.0. The molecule has 25 heavy (non-hydrogen) atoms. The Morgan fingerprint density at radius 3 is 2.92 bits per heavy atom. The summed E-state index contributed by atoms with van der Waals surface area (Å²) in [4.78, 5) is 17.8. The lowest BCUT2D eigenvalue weighted by molar-refractivity contribution is 0.0223. The summed E-state index contributed by atoms with van der Waals surface area (Å²) in [5, 5.41) is 3.03.